The van der Waals surface area contributed by atoms with Crippen LogP contribution in [0.25, 0.3) is 0 Å². The van der Waals surface area contributed by atoms with Crippen molar-refractivity contribution >= 4 is 7.82 Å². The molecule has 0 bridgehead atoms. The van der Waals surface area contributed by atoms with Gasteiger partial charge in [-0.1, -0.05) is 147 Å². The quantitative estimate of drug-likeness (QED) is 0.0656. The van der Waals surface area contributed by atoms with Gasteiger partial charge in [0.25, 0.3) is 5.56 Å². The fourth-order valence-corrected chi connectivity index (χ4v) is 7.60. The molecule has 284 valence electrons. The zero-order valence-corrected chi connectivity index (χ0v) is 31.3. The molecule has 1 fully saturated rings. The lowest BCUT2D eigenvalue weighted by Crippen LogP contribution is -2.43. The summed E-state index contributed by atoms with van der Waals surface area (Å²) < 4.78 is 52.6. The van der Waals surface area contributed by atoms with Crippen LogP contribution in [0.15, 0.2) is 52.2 Å². The van der Waals surface area contributed by atoms with Gasteiger partial charge in [0, 0.05) is 12.3 Å². The Balaban J connectivity index is 1.29. The van der Waals surface area contributed by atoms with E-state index in [0.717, 1.165) is 43.0 Å². The number of aromatic amines is 1. The molecule has 5 unspecified atom stereocenters. The van der Waals surface area contributed by atoms with Gasteiger partial charge in [0.1, 0.15) is 18.0 Å². The zero-order valence-electron chi connectivity index (χ0n) is 30.4. The molecule has 1 aromatic carbocycles. The molecule has 3 rings (SSSR count). The van der Waals surface area contributed by atoms with Gasteiger partial charge in [0.05, 0.1) is 13.2 Å². The largest absolute Gasteiger partial charge is 0.530 e. The van der Waals surface area contributed by atoms with Crippen molar-refractivity contribution in [3.05, 3.63) is 63.4 Å². The summed E-state index contributed by atoms with van der Waals surface area (Å²) in [5.41, 5.74) is -3.97. The predicted molar refractivity (Wildman–Crippen MR) is 195 cm³/mol. The first-order valence-electron chi connectivity index (χ1n) is 19.1. The Kier molecular flexibility index (Phi) is 19.6. The molecule has 0 aliphatic carbocycles. The molecule has 0 spiro atoms. The summed E-state index contributed by atoms with van der Waals surface area (Å²) in [6, 6.07) is 9.47. The van der Waals surface area contributed by atoms with Crippen molar-refractivity contribution in [3.63, 3.8) is 0 Å². The lowest BCUT2D eigenvalue weighted by atomic mass is 9.98. The minimum atomic E-state index is -4.19. The number of nitrogens with zero attached hydrogens (tertiary/aromatic N) is 1. The highest BCUT2D eigenvalue weighted by Crippen LogP contribution is 2.51. The van der Waals surface area contributed by atoms with Crippen molar-refractivity contribution in [3.8, 4) is 5.75 Å². The van der Waals surface area contributed by atoms with Crippen LogP contribution in [-0.4, -0.2) is 45.7 Å². The minimum absolute atomic E-state index is 0.132. The number of alkyl halides is 1. The van der Waals surface area contributed by atoms with E-state index < -0.39 is 49.8 Å². The third kappa shape index (κ3) is 15.1. The second-order valence-electron chi connectivity index (χ2n) is 13.8. The zero-order chi connectivity index (χ0) is 36.1. The average Bonchev–Trinajstić information content (AvgIpc) is 3.32. The van der Waals surface area contributed by atoms with E-state index in [1.807, 2.05) is 4.98 Å². The summed E-state index contributed by atoms with van der Waals surface area (Å²) in [6.07, 6.45) is 22.0. The van der Waals surface area contributed by atoms with E-state index in [4.69, 9.17) is 18.3 Å². The van der Waals surface area contributed by atoms with Crippen molar-refractivity contribution in [1.29, 1.82) is 0 Å². The van der Waals surface area contributed by atoms with Crippen LogP contribution in [0.2, 0.25) is 0 Å². The second-order valence-corrected chi connectivity index (χ2v) is 15.4. The van der Waals surface area contributed by atoms with E-state index in [0.29, 0.717) is 6.42 Å². The maximum atomic E-state index is 15.6. The Bertz CT molecular complexity index is 1350. The summed E-state index contributed by atoms with van der Waals surface area (Å²) in [4.78, 5) is 25.8. The molecule has 1 aliphatic rings. The molecule has 2 heterocycles. The van der Waals surface area contributed by atoms with Crippen LogP contribution >= 0.6 is 7.82 Å². The number of aliphatic hydroxyl groups is 1. The predicted octanol–water partition coefficient (Wildman–Crippen LogP) is 9.57. The summed E-state index contributed by atoms with van der Waals surface area (Å²) in [6.45, 7) is 2.95. The highest BCUT2D eigenvalue weighted by atomic mass is 31.2. The molecule has 10 nitrogen and oxygen atoms in total. The number of H-pyrrole nitrogens is 1. The molecule has 50 heavy (non-hydrogen) atoms. The van der Waals surface area contributed by atoms with Crippen molar-refractivity contribution in [1.82, 2.24) is 9.55 Å². The highest BCUT2D eigenvalue weighted by Gasteiger charge is 2.56. The van der Waals surface area contributed by atoms with E-state index >= 15 is 4.39 Å². The summed E-state index contributed by atoms with van der Waals surface area (Å²) in [5.74, 6) is 0.264. The molecular weight excluding hydrogens is 662 g/mol. The van der Waals surface area contributed by atoms with Gasteiger partial charge in [-0.05, 0) is 25.5 Å². The fraction of sp³-hybridized carbons (Fsp3) is 0.737. The van der Waals surface area contributed by atoms with Crippen LogP contribution in [-0.2, 0) is 18.3 Å². The molecule has 1 aromatic heterocycles. The van der Waals surface area contributed by atoms with E-state index in [1.165, 1.54) is 103 Å². The summed E-state index contributed by atoms with van der Waals surface area (Å²) in [5, 5.41) is 10.7. The van der Waals surface area contributed by atoms with Gasteiger partial charge in [-0.15, -0.1) is 0 Å². The van der Waals surface area contributed by atoms with Crippen LogP contribution in [0.3, 0.4) is 0 Å². The number of aromatic nitrogens is 2. The molecule has 1 aliphatic heterocycles. The fourth-order valence-electron chi connectivity index (χ4n) is 6.36. The SMILES string of the molecule is CCCCCCCCCCCCCCCCCCCCCCOP(=O)(OCC1OC(n2ccc(=O)[nH]c2=O)C(C)(F)C1O)Oc1ccccc1. The number of halogens is 1. The van der Waals surface area contributed by atoms with E-state index in [-0.39, 0.29) is 12.4 Å². The first-order chi connectivity index (χ1) is 24.2. The van der Waals surface area contributed by atoms with E-state index in [2.05, 4.69) is 6.92 Å². The molecule has 0 radical (unpaired) electrons. The van der Waals surface area contributed by atoms with E-state index in [9.17, 15) is 19.3 Å². The van der Waals surface area contributed by atoms with Crippen molar-refractivity contribution in [2.45, 2.75) is 166 Å². The summed E-state index contributed by atoms with van der Waals surface area (Å²) >= 11 is 0. The first kappa shape index (κ1) is 42.1. The maximum absolute atomic E-state index is 15.6. The van der Waals surface area contributed by atoms with Crippen LogP contribution in [0, 0.1) is 0 Å². The Morgan fingerprint density at radius 1 is 0.800 bits per heavy atom. The van der Waals surface area contributed by atoms with Crippen LogP contribution in [0.1, 0.15) is 148 Å². The molecule has 0 saturated carbocycles. The Morgan fingerprint density at radius 3 is 1.80 bits per heavy atom. The number of ether oxygens (including phenoxy) is 1. The molecule has 2 N–H and O–H groups in total. The number of unbranched alkanes of at least 4 members (excludes halogenated alkanes) is 19. The molecular formula is C38H62FN2O8P. The number of nitrogens with one attached hydrogen (secondary N) is 1. The second kappa shape index (κ2) is 23.3. The molecule has 1 saturated heterocycles. The van der Waals surface area contributed by atoms with Crippen LogP contribution < -0.4 is 15.8 Å². The normalized spacial score (nSPS) is 21.7. The highest BCUT2D eigenvalue weighted by molar-refractivity contribution is 7.48. The lowest BCUT2D eigenvalue weighted by molar-refractivity contribution is -0.0609. The number of aliphatic hydroxyl groups excluding tert-OH is 1. The number of benzene rings is 1. The molecule has 0 amide bonds. The third-order valence-corrected chi connectivity index (χ3v) is 10.8. The number of hydrogen-bond donors (Lipinski definition) is 2. The van der Waals surface area contributed by atoms with Gasteiger partial charge in [-0.3, -0.25) is 23.4 Å². The number of rotatable bonds is 28. The Hall–Kier alpha value is -2.30. The average molecular weight is 725 g/mol. The Labute approximate surface area is 298 Å². The molecule has 5 atom stereocenters. The van der Waals surface area contributed by atoms with Gasteiger partial charge >= 0.3 is 13.5 Å². The van der Waals surface area contributed by atoms with Gasteiger partial charge in [0.15, 0.2) is 11.9 Å². The number of hydrogen-bond acceptors (Lipinski definition) is 8. The monoisotopic (exact) mass is 724 g/mol. The number of phosphoric acid groups is 1. The molecule has 12 heteroatoms. The number of phosphoric ester groups is 1. The standard InChI is InChI=1S/C38H62FN2O8P/c1-3-4-5-6-7-8-9-10-11-12-13-14-15-16-17-18-19-20-21-25-30-46-50(45,49-32-26-23-22-24-27-32)47-31-33-35(43)38(2,39)36(48-33)41-29-28-34(42)40-37(41)44/h22-24,26-29,33,35-36,43H,3-21,25,30-31H2,1-2H3,(H,40,42,44). The topological polar surface area (TPSA) is 129 Å². The van der Waals surface area contributed by atoms with Crippen LogP contribution in [0.4, 0.5) is 4.39 Å². The number of para-hydroxylation sites is 1. The Morgan fingerprint density at radius 2 is 1.30 bits per heavy atom. The van der Waals surface area contributed by atoms with Crippen molar-refractivity contribution < 1.29 is 32.4 Å². The molecule has 2 aromatic rings. The van der Waals surface area contributed by atoms with Gasteiger partial charge in [-0.2, -0.15) is 0 Å². The smallest absolute Gasteiger partial charge is 0.404 e. The maximum Gasteiger partial charge on any atom is 0.530 e. The minimum Gasteiger partial charge on any atom is -0.404 e. The van der Waals surface area contributed by atoms with Gasteiger partial charge < -0.3 is 14.4 Å². The first-order valence-corrected chi connectivity index (χ1v) is 20.6. The summed E-state index contributed by atoms with van der Waals surface area (Å²) in [7, 11) is -4.19. The van der Waals surface area contributed by atoms with E-state index in [1.54, 1.807) is 30.3 Å². The lowest BCUT2D eigenvalue weighted by Gasteiger charge is -2.24. The van der Waals surface area contributed by atoms with Gasteiger partial charge in [0.2, 0.25) is 0 Å². The third-order valence-electron chi connectivity index (χ3n) is 9.43. The van der Waals surface area contributed by atoms with Crippen molar-refractivity contribution in [2.24, 2.45) is 0 Å². The van der Waals surface area contributed by atoms with Crippen molar-refractivity contribution in [2.75, 3.05) is 13.2 Å². The van der Waals surface area contributed by atoms with Gasteiger partial charge in [-0.25, -0.2) is 13.8 Å². The van der Waals surface area contributed by atoms with Crippen LogP contribution in [0.5, 0.6) is 5.75 Å².